The van der Waals surface area contributed by atoms with Crippen molar-refractivity contribution in [1.29, 1.82) is 0 Å². The van der Waals surface area contributed by atoms with Crippen molar-refractivity contribution in [3.8, 4) is 0 Å². The zero-order valence-corrected chi connectivity index (χ0v) is 20.6. The van der Waals surface area contributed by atoms with Crippen LogP contribution < -0.4 is 5.32 Å². The summed E-state index contributed by atoms with van der Waals surface area (Å²) in [4.78, 5) is 19.3. The molecule has 3 heterocycles. The van der Waals surface area contributed by atoms with Gasteiger partial charge in [-0.3, -0.25) is 10.1 Å². The van der Waals surface area contributed by atoms with Crippen LogP contribution in [0.5, 0.6) is 0 Å². The second-order valence-corrected chi connectivity index (χ2v) is 9.92. The summed E-state index contributed by atoms with van der Waals surface area (Å²) in [6.45, 7) is 2.26. The summed E-state index contributed by atoms with van der Waals surface area (Å²) < 4.78 is 1.65. The quantitative estimate of drug-likeness (QED) is 0.112. The highest BCUT2D eigenvalue weighted by molar-refractivity contribution is 7.99. The lowest BCUT2D eigenvalue weighted by Gasteiger charge is -2.20. The zero-order valence-electron chi connectivity index (χ0n) is 19.8. The third-order valence-electron chi connectivity index (χ3n) is 6.34. The second kappa shape index (κ2) is 12.1. The Bertz CT molecular complexity index is 1120. The van der Waals surface area contributed by atoms with E-state index in [-0.39, 0.29) is 10.6 Å². The molecule has 1 aliphatic heterocycles. The Balaban J connectivity index is 1.33. The molecule has 0 bridgehead atoms. The number of allylic oxidation sites excluding steroid dienone is 1. The zero-order chi connectivity index (χ0) is 23.8. The van der Waals surface area contributed by atoms with Crippen LogP contribution in [0.25, 0.3) is 10.9 Å². The maximum absolute atomic E-state index is 11.8. The number of thioether (sulfide) groups is 1. The van der Waals surface area contributed by atoms with Crippen LogP contribution in [-0.4, -0.2) is 30.4 Å². The number of nitrogens with zero attached hydrogens (tertiary/aromatic N) is 4. The van der Waals surface area contributed by atoms with Crippen LogP contribution in [0.3, 0.4) is 0 Å². The summed E-state index contributed by atoms with van der Waals surface area (Å²) in [5, 5.41) is 21.0. The van der Waals surface area contributed by atoms with Gasteiger partial charge in [0.15, 0.2) is 6.04 Å². The molecule has 182 valence electrons. The topological polar surface area (TPSA) is 102 Å². The SMILES string of the molecule is CCCCCCCCCCCCSc1nc2n(n1)C(c1c[nH]c3ccccc13)C([N+](=O)[O-])=CN2. The lowest BCUT2D eigenvalue weighted by Crippen LogP contribution is -2.25. The first-order chi connectivity index (χ1) is 16.7. The van der Waals surface area contributed by atoms with Crippen molar-refractivity contribution in [2.24, 2.45) is 0 Å². The van der Waals surface area contributed by atoms with E-state index in [4.69, 9.17) is 0 Å². The minimum absolute atomic E-state index is 0.0494. The Hall–Kier alpha value is -2.81. The number of H-pyrrole nitrogens is 1. The molecule has 0 aliphatic carbocycles. The number of aromatic amines is 1. The van der Waals surface area contributed by atoms with Crippen molar-refractivity contribution < 1.29 is 4.92 Å². The number of unbranched alkanes of at least 4 members (excludes halogenated alkanes) is 9. The van der Waals surface area contributed by atoms with E-state index in [9.17, 15) is 10.1 Å². The average molecular weight is 483 g/mol. The molecule has 2 aromatic heterocycles. The van der Waals surface area contributed by atoms with Gasteiger partial charge in [-0.25, -0.2) is 4.68 Å². The first kappa shape index (κ1) is 24.3. The molecule has 34 heavy (non-hydrogen) atoms. The van der Waals surface area contributed by atoms with Crippen LogP contribution >= 0.6 is 11.8 Å². The second-order valence-electron chi connectivity index (χ2n) is 8.86. The van der Waals surface area contributed by atoms with Gasteiger partial charge in [0.05, 0.1) is 11.1 Å². The predicted octanol–water partition coefficient (Wildman–Crippen LogP) is 6.91. The first-order valence-corrected chi connectivity index (χ1v) is 13.4. The van der Waals surface area contributed by atoms with Gasteiger partial charge in [0.1, 0.15) is 0 Å². The Morgan fingerprint density at radius 3 is 2.50 bits per heavy atom. The fourth-order valence-corrected chi connectivity index (χ4v) is 5.33. The number of nitro groups is 1. The van der Waals surface area contributed by atoms with Crippen molar-refractivity contribution in [1.82, 2.24) is 19.7 Å². The monoisotopic (exact) mass is 482 g/mol. The normalized spacial score (nSPS) is 15.2. The summed E-state index contributed by atoms with van der Waals surface area (Å²) in [6.07, 6.45) is 16.4. The van der Waals surface area contributed by atoms with E-state index in [0.717, 1.165) is 28.6 Å². The highest BCUT2D eigenvalue weighted by Gasteiger charge is 2.36. The summed E-state index contributed by atoms with van der Waals surface area (Å²) in [6, 6.07) is 7.18. The smallest absolute Gasteiger partial charge is 0.291 e. The largest absolute Gasteiger partial charge is 0.361 e. The lowest BCUT2D eigenvalue weighted by atomic mass is 10.0. The van der Waals surface area contributed by atoms with Crippen molar-refractivity contribution in [3.05, 3.63) is 58.0 Å². The first-order valence-electron chi connectivity index (χ1n) is 12.5. The number of hydrogen-bond acceptors (Lipinski definition) is 6. The molecule has 0 amide bonds. The molecule has 0 fully saturated rings. The number of fused-ring (bicyclic) bond motifs is 2. The highest BCUT2D eigenvalue weighted by atomic mass is 32.2. The van der Waals surface area contributed by atoms with Gasteiger partial charge >= 0.3 is 0 Å². The molecule has 0 radical (unpaired) electrons. The van der Waals surface area contributed by atoms with Crippen LogP contribution in [0, 0.1) is 10.1 Å². The van der Waals surface area contributed by atoms with Gasteiger partial charge in [0.25, 0.3) is 5.70 Å². The third kappa shape index (κ3) is 5.81. The Morgan fingerprint density at radius 2 is 1.76 bits per heavy atom. The minimum Gasteiger partial charge on any atom is -0.361 e. The van der Waals surface area contributed by atoms with E-state index < -0.39 is 6.04 Å². The predicted molar refractivity (Wildman–Crippen MR) is 138 cm³/mol. The standard InChI is InChI=1S/C25H34N6O2S/c1-2-3-4-5-6-7-8-9-10-13-16-34-25-28-24-27-18-22(31(32)33)23(30(24)29-25)20-17-26-21-15-12-11-14-19(20)21/h11-12,14-15,17-18,23,26H,2-10,13,16H2,1H3,(H,27,28,29). The van der Waals surface area contributed by atoms with Crippen molar-refractivity contribution in [3.63, 3.8) is 0 Å². The van der Waals surface area contributed by atoms with E-state index in [1.807, 2.05) is 30.5 Å². The van der Waals surface area contributed by atoms with E-state index in [0.29, 0.717) is 11.1 Å². The molecule has 1 unspecified atom stereocenters. The number of nitrogens with one attached hydrogen (secondary N) is 2. The number of rotatable bonds is 14. The number of hydrogen-bond donors (Lipinski definition) is 2. The van der Waals surface area contributed by atoms with Gasteiger partial charge in [0.2, 0.25) is 11.1 Å². The van der Waals surface area contributed by atoms with Gasteiger partial charge in [-0.2, -0.15) is 4.98 Å². The minimum atomic E-state index is -0.637. The van der Waals surface area contributed by atoms with Crippen LogP contribution in [0.2, 0.25) is 0 Å². The van der Waals surface area contributed by atoms with Gasteiger partial charge in [-0.05, 0) is 12.5 Å². The molecule has 8 nitrogen and oxygen atoms in total. The average Bonchev–Trinajstić information content (AvgIpc) is 3.45. The molecule has 0 spiro atoms. The molecule has 2 N–H and O–H groups in total. The Labute approximate surface area is 204 Å². The molecule has 1 atom stereocenters. The summed E-state index contributed by atoms with van der Waals surface area (Å²) in [5.74, 6) is 1.49. The molecule has 0 saturated carbocycles. The highest BCUT2D eigenvalue weighted by Crippen LogP contribution is 2.37. The van der Waals surface area contributed by atoms with Crippen molar-refractivity contribution in [2.75, 3.05) is 11.1 Å². The molecule has 1 aromatic carbocycles. The maximum Gasteiger partial charge on any atom is 0.291 e. The molecule has 9 heteroatoms. The van der Waals surface area contributed by atoms with E-state index in [1.54, 1.807) is 16.4 Å². The fourth-order valence-electron chi connectivity index (χ4n) is 4.50. The maximum atomic E-state index is 11.8. The molecular formula is C25H34N6O2S. The molecule has 0 saturated heterocycles. The van der Waals surface area contributed by atoms with Crippen LogP contribution in [-0.2, 0) is 0 Å². The number of aromatic nitrogens is 4. The van der Waals surface area contributed by atoms with Gasteiger partial charge in [-0.15, -0.1) is 5.10 Å². The number of para-hydroxylation sites is 1. The molecule has 3 aromatic rings. The van der Waals surface area contributed by atoms with Gasteiger partial charge in [-0.1, -0.05) is 94.7 Å². The number of benzene rings is 1. The van der Waals surface area contributed by atoms with E-state index in [1.165, 1.54) is 64.0 Å². The molecule has 4 rings (SSSR count). The molecule has 1 aliphatic rings. The third-order valence-corrected chi connectivity index (χ3v) is 7.27. The number of anilines is 1. The summed E-state index contributed by atoms with van der Waals surface area (Å²) >= 11 is 1.62. The van der Waals surface area contributed by atoms with Crippen LogP contribution in [0.4, 0.5) is 5.95 Å². The Morgan fingerprint density at radius 1 is 1.06 bits per heavy atom. The van der Waals surface area contributed by atoms with E-state index >= 15 is 0 Å². The van der Waals surface area contributed by atoms with Crippen molar-refractivity contribution in [2.45, 2.75) is 82.3 Å². The molecular weight excluding hydrogens is 448 g/mol. The lowest BCUT2D eigenvalue weighted by molar-refractivity contribution is -0.431. The van der Waals surface area contributed by atoms with Gasteiger partial charge in [0, 0.05) is 28.4 Å². The van der Waals surface area contributed by atoms with Crippen molar-refractivity contribution >= 4 is 28.6 Å². The van der Waals surface area contributed by atoms with Gasteiger partial charge < -0.3 is 10.3 Å². The van der Waals surface area contributed by atoms with E-state index in [2.05, 4.69) is 27.3 Å². The summed E-state index contributed by atoms with van der Waals surface area (Å²) in [5.41, 5.74) is 1.81. The van der Waals surface area contributed by atoms with Crippen LogP contribution in [0.1, 0.15) is 82.7 Å². The fraction of sp³-hybridized carbons (Fsp3) is 0.520. The Kier molecular flexibility index (Phi) is 8.62. The van der Waals surface area contributed by atoms with Crippen LogP contribution in [0.15, 0.2) is 47.5 Å². The summed E-state index contributed by atoms with van der Waals surface area (Å²) in [7, 11) is 0.